The Morgan fingerprint density at radius 2 is 2.11 bits per heavy atom. The second kappa shape index (κ2) is 6.68. The molecule has 0 radical (unpaired) electrons. The maximum Gasteiger partial charge on any atom is 0.346 e. The van der Waals surface area contributed by atoms with Gasteiger partial charge in [-0.2, -0.15) is 0 Å². The first-order valence-electron chi connectivity index (χ1n) is 6.68. The van der Waals surface area contributed by atoms with Gasteiger partial charge in [-0.3, -0.25) is 0 Å². The zero-order chi connectivity index (χ0) is 13.7. The molecule has 2 aromatic rings. The van der Waals surface area contributed by atoms with Crippen LogP contribution in [0.15, 0.2) is 24.3 Å². The number of carboxylic acid groups (broad SMARTS) is 1. The van der Waals surface area contributed by atoms with E-state index >= 15 is 0 Å². The number of thiophene rings is 1. The maximum absolute atomic E-state index is 11.3. The lowest BCUT2D eigenvalue weighted by Gasteiger charge is -2.05. The molecule has 0 bridgehead atoms. The molecule has 19 heavy (non-hydrogen) atoms. The third-order valence-corrected chi connectivity index (χ3v) is 4.35. The molecule has 0 aliphatic heterocycles. The summed E-state index contributed by atoms with van der Waals surface area (Å²) in [6.07, 6.45) is 3.55. The molecule has 4 heteroatoms. The van der Waals surface area contributed by atoms with E-state index in [1.807, 2.05) is 24.3 Å². The molecule has 1 heterocycles. The van der Waals surface area contributed by atoms with E-state index in [2.05, 4.69) is 12.2 Å². The summed E-state index contributed by atoms with van der Waals surface area (Å²) >= 11 is 1.36. The van der Waals surface area contributed by atoms with Crippen LogP contribution in [0.5, 0.6) is 0 Å². The van der Waals surface area contributed by atoms with E-state index in [9.17, 15) is 9.90 Å². The van der Waals surface area contributed by atoms with Gasteiger partial charge in [0.15, 0.2) is 0 Å². The van der Waals surface area contributed by atoms with Gasteiger partial charge >= 0.3 is 5.97 Å². The van der Waals surface area contributed by atoms with Crippen molar-refractivity contribution in [3.05, 3.63) is 34.7 Å². The van der Waals surface area contributed by atoms with Gasteiger partial charge in [0.1, 0.15) is 4.88 Å². The van der Waals surface area contributed by atoms with E-state index in [1.54, 1.807) is 0 Å². The molecule has 102 valence electrons. The fourth-order valence-corrected chi connectivity index (χ4v) is 3.22. The van der Waals surface area contributed by atoms with Crippen LogP contribution in [0, 0.1) is 0 Å². The highest BCUT2D eigenvalue weighted by molar-refractivity contribution is 7.21. The Labute approximate surface area is 117 Å². The zero-order valence-corrected chi connectivity index (χ0v) is 11.9. The number of rotatable bonds is 7. The molecule has 1 aromatic carbocycles. The second-order valence-corrected chi connectivity index (χ2v) is 5.65. The molecule has 0 spiro atoms. The smallest absolute Gasteiger partial charge is 0.346 e. The third kappa shape index (κ3) is 3.33. The SMILES string of the molecule is CCCCCNCc1c(C(=O)O)sc2ccccc12. The minimum absolute atomic E-state index is 0.462. The van der Waals surface area contributed by atoms with Crippen LogP contribution in [0.2, 0.25) is 0 Å². The summed E-state index contributed by atoms with van der Waals surface area (Å²) in [4.78, 5) is 11.8. The molecular weight excluding hydrogens is 258 g/mol. The fourth-order valence-electron chi connectivity index (χ4n) is 2.16. The van der Waals surface area contributed by atoms with E-state index in [-0.39, 0.29) is 0 Å². The molecule has 0 aliphatic carbocycles. The Kier molecular flexibility index (Phi) is 4.93. The Morgan fingerprint density at radius 3 is 2.84 bits per heavy atom. The molecule has 0 saturated carbocycles. The first-order chi connectivity index (χ1) is 9.24. The summed E-state index contributed by atoms with van der Waals surface area (Å²) in [5.74, 6) is -0.827. The standard InChI is InChI=1S/C15H19NO2S/c1-2-3-6-9-16-10-12-11-7-4-5-8-13(11)19-14(12)15(17)18/h4-5,7-8,16H,2-3,6,9-10H2,1H3,(H,17,18). The van der Waals surface area contributed by atoms with Crippen molar-refractivity contribution in [3.8, 4) is 0 Å². The fraction of sp³-hybridized carbons (Fsp3) is 0.400. The highest BCUT2D eigenvalue weighted by atomic mass is 32.1. The second-order valence-electron chi connectivity index (χ2n) is 4.59. The van der Waals surface area contributed by atoms with Gasteiger partial charge in [0, 0.05) is 11.2 Å². The van der Waals surface area contributed by atoms with Crippen molar-refractivity contribution in [3.63, 3.8) is 0 Å². The number of unbranched alkanes of at least 4 members (excludes halogenated alkanes) is 2. The minimum Gasteiger partial charge on any atom is -0.477 e. The van der Waals surface area contributed by atoms with Gasteiger partial charge < -0.3 is 10.4 Å². The molecule has 0 aliphatic rings. The van der Waals surface area contributed by atoms with Crippen LogP contribution in [-0.4, -0.2) is 17.6 Å². The summed E-state index contributed by atoms with van der Waals surface area (Å²) in [7, 11) is 0. The van der Waals surface area contributed by atoms with Gasteiger partial charge in [-0.15, -0.1) is 11.3 Å². The molecule has 0 amide bonds. The molecule has 0 atom stereocenters. The molecule has 1 aromatic heterocycles. The van der Waals surface area contributed by atoms with Crippen molar-refractivity contribution in [1.29, 1.82) is 0 Å². The van der Waals surface area contributed by atoms with Crippen LogP contribution >= 0.6 is 11.3 Å². The molecular formula is C15H19NO2S. The average Bonchev–Trinajstić information content (AvgIpc) is 2.78. The van der Waals surface area contributed by atoms with Crippen LogP contribution < -0.4 is 5.32 Å². The number of carboxylic acids is 1. The monoisotopic (exact) mass is 277 g/mol. The first kappa shape index (κ1) is 14.0. The van der Waals surface area contributed by atoms with Crippen LogP contribution in [0.3, 0.4) is 0 Å². The normalized spacial score (nSPS) is 11.0. The summed E-state index contributed by atoms with van der Waals surface area (Å²) in [5, 5.41) is 13.7. The van der Waals surface area contributed by atoms with E-state index in [1.165, 1.54) is 24.2 Å². The number of hydrogen-bond donors (Lipinski definition) is 2. The lowest BCUT2D eigenvalue weighted by molar-refractivity contribution is 0.0701. The van der Waals surface area contributed by atoms with E-state index < -0.39 is 5.97 Å². The highest BCUT2D eigenvalue weighted by Crippen LogP contribution is 2.31. The van der Waals surface area contributed by atoms with Gasteiger partial charge in [-0.25, -0.2) is 4.79 Å². The number of carbonyl (C=O) groups is 1. The zero-order valence-electron chi connectivity index (χ0n) is 11.1. The summed E-state index contributed by atoms with van der Waals surface area (Å²) < 4.78 is 1.05. The quantitative estimate of drug-likeness (QED) is 0.755. The summed E-state index contributed by atoms with van der Waals surface area (Å²) in [5.41, 5.74) is 0.921. The Morgan fingerprint density at radius 1 is 1.32 bits per heavy atom. The van der Waals surface area contributed by atoms with Crippen molar-refractivity contribution < 1.29 is 9.90 Å². The molecule has 0 fully saturated rings. The molecule has 3 nitrogen and oxygen atoms in total. The number of nitrogens with one attached hydrogen (secondary N) is 1. The van der Waals surface area contributed by atoms with E-state index in [0.29, 0.717) is 11.4 Å². The Balaban J connectivity index is 2.15. The molecule has 2 N–H and O–H groups in total. The first-order valence-corrected chi connectivity index (χ1v) is 7.50. The maximum atomic E-state index is 11.3. The third-order valence-electron chi connectivity index (χ3n) is 3.15. The van der Waals surface area contributed by atoms with E-state index in [4.69, 9.17) is 0 Å². The average molecular weight is 277 g/mol. The number of aromatic carboxylic acids is 1. The Bertz CT molecular complexity index is 562. The van der Waals surface area contributed by atoms with Crippen molar-refractivity contribution in [2.24, 2.45) is 0 Å². The molecule has 0 unspecified atom stereocenters. The number of benzene rings is 1. The predicted octanol–water partition coefficient (Wildman–Crippen LogP) is 3.88. The summed E-state index contributed by atoms with van der Waals surface area (Å²) in [6, 6.07) is 7.89. The van der Waals surface area contributed by atoms with Crippen molar-refractivity contribution >= 4 is 27.4 Å². The molecule has 0 saturated heterocycles. The van der Waals surface area contributed by atoms with Crippen molar-refractivity contribution in [1.82, 2.24) is 5.32 Å². The van der Waals surface area contributed by atoms with Gasteiger partial charge in [-0.05, 0) is 30.0 Å². The largest absolute Gasteiger partial charge is 0.477 e. The van der Waals surface area contributed by atoms with Crippen LogP contribution in [-0.2, 0) is 6.54 Å². The number of hydrogen-bond acceptors (Lipinski definition) is 3. The molecule has 2 rings (SSSR count). The van der Waals surface area contributed by atoms with Gasteiger partial charge in [0.05, 0.1) is 0 Å². The van der Waals surface area contributed by atoms with Crippen LogP contribution in [0.1, 0.15) is 41.4 Å². The number of fused-ring (bicyclic) bond motifs is 1. The van der Waals surface area contributed by atoms with E-state index in [0.717, 1.165) is 28.6 Å². The minimum atomic E-state index is -0.827. The highest BCUT2D eigenvalue weighted by Gasteiger charge is 2.16. The Hall–Kier alpha value is -1.39. The van der Waals surface area contributed by atoms with Crippen molar-refractivity contribution in [2.45, 2.75) is 32.7 Å². The van der Waals surface area contributed by atoms with Gasteiger partial charge in [-0.1, -0.05) is 38.0 Å². The van der Waals surface area contributed by atoms with Crippen LogP contribution in [0.4, 0.5) is 0 Å². The van der Waals surface area contributed by atoms with Crippen LogP contribution in [0.25, 0.3) is 10.1 Å². The van der Waals surface area contributed by atoms with Gasteiger partial charge in [0.2, 0.25) is 0 Å². The predicted molar refractivity (Wildman–Crippen MR) is 80.0 cm³/mol. The lowest BCUT2D eigenvalue weighted by Crippen LogP contribution is -2.16. The lowest BCUT2D eigenvalue weighted by atomic mass is 10.1. The summed E-state index contributed by atoms with van der Waals surface area (Å²) in [6.45, 7) is 3.75. The van der Waals surface area contributed by atoms with Crippen molar-refractivity contribution in [2.75, 3.05) is 6.54 Å². The van der Waals surface area contributed by atoms with Gasteiger partial charge in [0.25, 0.3) is 0 Å². The topological polar surface area (TPSA) is 49.3 Å².